The molecular formula is C19H21F2N3O2. The number of amides is 1. The van der Waals surface area contributed by atoms with Crippen molar-refractivity contribution < 1.29 is 18.0 Å². The maximum atomic E-state index is 13.8. The first-order valence-corrected chi connectivity index (χ1v) is 9.02. The van der Waals surface area contributed by atoms with Crippen LogP contribution in [0, 0.1) is 11.6 Å². The molecule has 2 aliphatic rings. The van der Waals surface area contributed by atoms with Gasteiger partial charge in [-0.3, -0.25) is 9.69 Å². The monoisotopic (exact) mass is 361 g/mol. The summed E-state index contributed by atoms with van der Waals surface area (Å²) in [6.07, 6.45) is 5.56. The Balaban J connectivity index is 1.28. The highest BCUT2D eigenvalue weighted by Crippen LogP contribution is 2.30. The summed E-state index contributed by atoms with van der Waals surface area (Å²) in [5, 5.41) is 3.06. The van der Waals surface area contributed by atoms with Gasteiger partial charge in [0.25, 0.3) is 0 Å². The molecule has 1 aromatic carbocycles. The number of halogens is 2. The fourth-order valence-electron chi connectivity index (χ4n) is 3.44. The Morgan fingerprint density at radius 2 is 2.15 bits per heavy atom. The third kappa shape index (κ3) is 3.93. The predicted molar refractivity (Wildman–Crippen MR) is 91.3 cm³/mol. The molecule has 0 spiro atoms. The second-order valence-electron chi connectivity index (χ2n) is 7.02. The number of aryl methyl sites for hydroxylation is 1. The molecule has 1 saturated heterocycles. The van der Waals surface area contributed by atoms with Crippen molar-refractivity contribution in [2.75, 3.05) is 13.1 Å². The van der Waals surface area contributed by atoms with Crippen LogP contribution in [0.15, 0.2) is 28.8 Å². The molecule has 0 radical (unpaired) electrons. The first kappa shape index (κ1) is 17.1. The molecule has 1 aliphatic carbocycles. The van der Waals surface area contributed by atoms with E-state index in [4.69, 9.17) is 4.42 Å². The van der Waals surface area contributed by atoms with Gasteiger partial charge in [-0.25, -0.2) is 13.8 Å². The zero-order chi connectivity index (χ0) is 18.1. The van der Waals surface area contributed by atoms with Gasteiger partial charge in [0.15, 0.2) is 11.7 Å². The van der Waals surface area contributed by atoms with Crippen molar-refractivity contribution in [2.45, 2.75) is 44.2 Å². The number of oxazole rings is 1. The summed E-state index contributed by atoms with van der Waals surface area (Å²) in [4.78, 5) is 18.7. The number of benzene rings is 1. The van der Waals surface area contributed by atoms with Crippen LogP contribution in [0.2, 0.25) is 0 Å². The van der Waals surface area contributed by atoms with E-state index in [1.807, 2.05) is 0 Å². The van der Waals surface area contributed by atoms with Crippen LogP contribution in [0.25, 0.3) is 11.3 Å². The molecule has 1 N–H and O–H groups in total. The zero-order valence-electron chi connectivity index (χ0n) is 14.4. The largest absolute Gasteiger partial charge is 0.441 e. The summed E-state index contributed by atoms with van der Waals surface area (Å²) >= 11 is 0. The highest BCUT2D eigenvalue weighted by atomic mass is 19.1. The number of nitrogens with one attached hydrogen (secondary N) is 1. The average molecular weight is 361 g/mol. The van der Waals surface area contributed by atoms with Crippen molar-refractivity contribution in [3.63, 3.8) is 0 Å². The molecule has 1 amide bonds. The maximum absolute atomic E-state index is 13.8. The van der Waals surface area contributed by atoms with Gasteiger partial charge in [0, 0.05) is 44.1 Å². The topological polar surface area (TPSA) is 58.4 Å². The van der Waals surface area contributed by atoms with Crippen LogP contribution in [0.4, 0.5) is 8.78 Å². The van der Waals surface area contributed by atoms with Gasteiger partial charge in [-0.15, -0.1) is 0 Å². The van der Waals surface area contributed by atoms with Crippen LogP contribution < -0.4 is 5.32 Å². The number of nitrogens with zero attached hydrogens (tertiary/aromatic N) is 2. The standard InChI is InChI=1S/C19H21F2N3O2/c20-12-1-4-15(16(21)9-12)17-10-22-19(26-17)6-5-18(25)23-13-7-8-24(11-13)14-2-3-14/h1,4,9-10,13-14H,2-3,5-8,11H2,(H,23,25). The van der Waals surface area contributed by atoms with Gasteiger partial charge in [0.1, 0.15) is 11.6 Å². The van der Waals surface area contributed by atoms with E-state index in [2.05, 4.69) is 15.2 Å². The Labute approximate surface area is 150 Å². The Morgan fingerprint density at radius 3 is 2.92 bits per heavy atom. The minimum absolute atomic E-state index is 0.0274. The molecule has 2 aromatic rings. The van der Waals surface area contributed by atoms with E-state index in [9.17, 15) is 13.6 Å². The minimum atomic E-state index is -0.702. The summed E-state index contributed by atoms with van der Waals surface area (Å²) in [5.74, 6) is -0.777. The summed E-state index contributed by atoms with van der Waals surface area (Å²) in [6.45, 7) is 1.99. The lowest BCUT2D eigenvalue weighted by atomic mass is 10.2. The normalized spacial score (nSPS) is 20.5. The minimum Gasteiger partial charge on any atom is -0.441 e. The molecular weight excluding hydrogens is 340 g/mol. The molecule has 2 heterocycles. The summed E-state index contributed by atoms with van der Waals surface area (Å²) in [5.41, 5.74) is 0.153. The fourth-order valence-corrected chi connectivity index (χ4v) is 3.44. The molecule has 1 unspecified atom stereocenters. The molecule has 1 atom stereocenters. The van der Waals surface area contributed by atoms with Gasteiger partial charge in [-0.05, 0) is 31.4 Å². The quantitative estimate of drug-likeness (QED) is 0.860. The van der Waals surface area contributed by atoms with Crippen molar-refractivity contribution >= 4 is 5.91 Å². The summed E-state index contributed by atoms with van der Waals surface area (Å²) in [7, 11) is 0. The highest BCUT2D eigenvalue weighted by Gasteiger charge is 2.34. The number of hydrogen-bond donors (Lipinski definition) is 1. The lowest BCUT2D eigenvalue weighted by Gasteiger charge is -2.15. The smallest absolute Gasteiger partial charge is 0.220 e. The Hall–Kier alpha value is -2.28. The maximum Gasteiger partial charge on any atom is 0.220 e. The molecule has 2 fully saturated rings. The molecule has 26 heavy (non-hydrogen) atoms. The van der Waals surface area contributed by atoms with Crippen LogP contribution in [-0.4, -0.2) is 41.0 Å². The van der Waals surface area contributed by atoms with E-state index < -0.39 is 11.6 Å². The number of hydrogen-bond acceptors (Lipinski definition) is 4. The van der Waals surface area contributed by atoms with Crippen molar-refractivity contribution in [1.29, 1.82) is 0 Å². The van der Waals surface area contributed by atoms with Crippen LogP contribution >= 0.6 is 0 Å². The van der Waals surface area contributed by atoms with Crippen LogP contribution in [0.5, 0.6) is 0 Å². The molecule has 138 valence electrons. The number of rotatable bonds is 6. The Kier molecular flexibility index (Phi) is 4.72. The molecule has 1 aromatic heterocycles. The SMILES string of the molecule is O=C(CCc1ncc(-c2ccc(F)cc2F)o1)NC1CCN(C2CC2)C1. The molecule has 5 nitrogen and oxygen atoms in total. The van der Waals surface area contributed by atoms with Gasteiger partial charge >= 0.3 is 0 Å². The second kappa shape index (κ2) is 7.15. The molecule has 4 rings (SSSR count). The third-order valence-corrected chi connectivity index (χ3v) is 4.96. The van der Waals surface area contributed by atoms with E-state index in [0.29, 0.717) is 12.3 Å². The van der Waals surface area contributed by atoms with E-state index >= 15 is 0 Å². The molecule has 1 saturated carbocycles. The van der Waals surface area contributed by atoms with E-state index in [0.717, 1.165) is 31.6 Å². The average Bonchev–Trinajstić information content (AvgIpc) is 3.17. The highest BCUT2D eigenvalue weighted by molar-refractivity contribution is 5.76. The van der Waals surface area contributed by atoms with E-state index in [1.165, 1.54) is 31.2 Å². The lowest BCUT2D eigenvalue weighted by Crippen LogP contribution is -2.37. The molecule has 1 aliphatic heterocycles. The van der Waals surface area contributed by atoms with Gasteiger partial charge in [0.05, 0.1) is 11.8 Å². The zero-order valence-corrected chi connectivity index (χ0v) is 14.4. The third-order valence-electron chi connectivity index (χ3n) is 4.96. The summed E-state index contributed by atoms with van der Waals surface area (Å²) < 4.78 is 32.3. The van der Waals surface area contributed by atoms with Gasteiger partial charge in [-0.1, -0.05) is 0 Å². The first-order chi connectivity index (χ1) is 12.6. The fraction of sp³-hybridized carbons (Fsp3) is 0.474. The number of carbonyl (C=O) groups excluding carboxylic acids is 1. The van der Waals surface area contributed by atoms with Gasteiger partial charge < -0.3 is 9.73 Å². The van der Waals surface area contributed by atoms with Gasteiger partial charge in [0.2, 0.25) is 5.91 Å². The Bertz CT molecular complexity index is 804. The first-order valence-electron chi connectivity index (χ1n) is 9.02. The lowest BCUT2D eigenvalue weighted by molar-refractivity contribution is -0.121. The Morgan fingerprint density at radius 1 is 1.31 bits per heavy atom. The molecule has 7 heteroatoms. The van der Waals surface area contributed by atoms with Crippen molar-refractivity contribution in [1.82, 2.24) is 15.2 Å². The predicted octanol–water partition coefficient (Wildman–Crippen LogP) is 2.91. The number of carbonyl (C=O) groups is 1. The molecule has 0 bridgehead atoms. The summed E-state index contributed by atoms with van der Waals surface area (Å²) in [6, 6.07) is 4.23. The van der Waals surface area contributed by atoms with Crippen LogP contribution in [0.3, 0.4) is 0 Å². The second-order valence-corrected chi connectivity index (χ2v) is 7.02. The van der Waals surface area contributed by atoms with Crippen molar-refractivity contribution in [3.8, 4) is 11.3 Å². The van der Waals surface area contributed by atoms with Crippen molar-refractivity contribution in [2.24, 2.45) is 0 Å². The van der Waals surface area contributed by atoms with E-state index in [1.54, 1.807) is 0 Å². The van der Waals surface area contributed by atoms with E-state index in [-0.39, 0.29) is 29.7 Å². The van der Waals surface area contributed by atoms with Crippen LogP contribution in [0.1, 0.15) is 31.6 Å². The number of likely N-dealkylation sites (tertiary alicyclic amines) is 1. The number of aromatic nitrogens is 1. The van der Waals surface area contributed by atoms with Crippen molar-refractivity contribution in [3.05, 3.63) is 41.9 Å². The van der Waals surface area contributed by atoms with Crippen LogP contribution in [-0.2, 0) is 11.2 Å². The van der Waals surface area contributed by atoms with Gasteiger partial charge in [-0.2, -0.15) is 0 Å².